The molecule has 0 radical (unpaired) electrons. The first-order valence-corrected chi connectivity index (χ1v) is 15.5. The number of pyridine rings is 1. The molecule has 0 aliphatic carbocycles. The van der Waals surface area contributed by atoms with Gasteiger partial charge in [0.05, 0.1) is 17.6 Å². The Morgan fingerprint density at radius 2 is 1.65 bits per heavy atom. The monoisotopic (exact) mass is 562 g/mol. The summed E-state index contributed by atoms with van der Waals surface area (Å²) < 4.78 is 31.0. The molecule has 9 heteroatoms. The zero-order valence-electron chi connectivity index (χ0n) is 23.3. The number of anilines is 1. The number of benzene rings is 2. The molecule has 40 heavy (non-hydrogen) atoms. The Morgan fingerprint density at radius 3 is 2.27 bits per heavy atom. The summed E-state index contributed by atoms with van der Waals surface area (Å²) in [6.45, 7) is 3.70. The maximum absolute atomic E-state index is 13.1. The van der Waals surface area contributed by atoms with E-state index in [1.807, 2.05) is 42.3 Å². The highest BCUT2D eigenvalue weighted by Gasteiger charge is 2.30. The van der Waals surface area contributed by atoms with Crippen LogP contribution in [0.3, 0.4) is 0 Å². The highest BCUT2D eigenvalue weighted by molar-refractivity contribution is 7.91. The zero-order chi connectivity index (χ0) is 28.1. The second-order valence-electron chi connectivity index (χ2n) is 10.7. The minimum atomic E-state index is -3.66. The normalized spacial score (nSPS) is 17.5. The number of likely N-dealkylation sites (tertiary alicyclic amines) is 2. The van der Waals surface area contributed by atoms with Gasteiger partial charge in [0.25, 0.3) is 5.91 Å². The van der Waals surface area contributed by atoms with Gasteiger partial charge in [0.2, 0.25) is 9.84 Å². The third-order valence-corrected chi connectivity index (χ3v) is 10.00. The molecule has 2 aliphatic rings. The van der Waals surface area contributed by atoms with Gasteiger partial charge < -0.3 is 19.9 Å². The van der Waals surface area contributed by atoms with E-state index < -0.39 is 9.84 Å². The molecule has 0 bridgehead atoms. The Kier molecular flexibility index (Phi) is 8.71. The number of amides is 1. The number of nitrogens with zero attached hydrogens (tertiary/aromatic N) is 3. The second kappa shape index (κ2) is 12.4. The first-order chi connectivity index (χ1) is 19.4. The summed E-state index contributed by atoms with van der Waals surface area (Å²) in [5.74, 6) is 1.28. The van der Waals surface area contributed by atoms with Crippen LogP contribution in [0.25, 0.3) is 0 Å². The van der Waals surface area contributed by atoms with Crippen molar-refractivity contribution in [2.75, 3.05) is 45.7 Å². The molecule has 2 saturated heterocycles. The third kappa shape index (κ3) is 6.15. The first-order valence-electron chi connectivity index (χ1n) is 14.0. The number of piperidine rings is 2. The Balaban J connectivity index is 1.10. The Hall–Kier alpha value is -3.43. The van der Waals surface area contributed by atoms with Crippen molar-refractivity contribution < 1.29 is 17.9 Å². The van der Waals surface area contributed by atoms with Crippen molar-refractivity contribution in [1.29, 1.82) is 0 Å². The van der Waals surface area contributed by atoms with Crippen molar-refractivity contribution >= 4 is 21.4 Å². The van der Waals surface area contributed by atoms with Gasteiger partial charge in [-0.05, 0) is 99.1 Å². The van der Waals surface area contributed by atoms with E-state index in [4.69, 9.17) is 4.74 Å². The summed E-state index contributed by atoms with van der Waals surface area (Å²) in [5.41, 5.74) is 2.69. The molecule has 212 valence electrons. The summed E-state index contributed by atoms with van der Waals surface area (Å²) in [6, 6.07) is 18.1. The molecule has 0 unspecified atom stereocenters. The predicted molar refractivity (Wildman–Crippen MR) is 156 cm³/mol. The SMILES string of the molecule is CNc1ccccc1C(=O)N1CCC(N2CCC(Cc3ccc(S(=O)(=O)c4ccc(OC)cc4)nc3)CC2)CC1. The van der Waals surface area contributed by atoms with E-state index in [0.717, 1.165) is 75.1 Å². The lowest BCUT2D eigenvalue weighted by Gasteiger charge is -2.42. The molecule has 2 aromatic carbocycles. The number of aromatic nitrogens is 1. The minimum absolute atomic E-state index is 0.0653. The fourth-order valence-corrected chi connectivity index (χ4v) is 7.09. The van der Waals surface area contributed by atoms with Crippen LogP contribution in [-0.2, 0) is 16.3 Å². The number of nitrogens with one attached hydrogen (secondary N) is 1. The van der Waals surface area contributed by atoms with E-state index >= 15 is 0 Å². The molecule has 0 saturated carbocycles. The number of ether oxygens (including phenoxy) is 1. The van der Waals surface area contributed by atoms with Crippen LogP contribution >= 0.6 is 0 Å². The smallest absolute Gasteiger partial charge is 0.255 e. The molecule has 3 aromatic rings. The molecule has 1 aromatic heterocycles. The third-order valence-electron chi connectivity index (χ3n) is 8.31. The molecular formula is C31H38N4O4S. The number of hydrogen-bond donors (Lipinski definition) is 1. The van der Waals surface area contributed by atoms with E-state index in [9.17, 15) is 13.2 Å². The largest absolute Gasteiger partial charge is 0.497 e. The molecule has 8 nitrogen and oxygen atoms in total. The standard InChI is InChI=1S/C31H38N4O4S/c1-32-29-6-4-3-5-28(29)31(36)35-19-15-25(16-20-35)34-17-13-23(14-18-34)21-24-7-12-30(33-22-24)40(37,38)27-10-8-26(39-2)9-11-27/h3-12,22-23,25,32H,13-21H2,1-2H3. The summed E-state index contributed by atoms with van der Waals surface area (Å²) >= 11 is 0. The topological polar surface area (TPSA) is 91.8 Å². The molecular weight excluding hydrogens is 524 g/mol. The van der Waals surface area contributed by atoms with Crippen LogP contribution < -0.4 is 10.1 Å². The number of carbonyl (C=O) groups is 1. The van der Waals surface area contributed by atoms with Crippen molar-refractivity contribution in [1.82, 2.24) is 14.8 Å². The predicted octanol–water partition coefficient (Wildman–Crippen LogP) is 4.52. The maximum Gasteiger partial charge on any atom is 0.255 e. The van der Waals surface area contributed by atoms with Crippen molar-refractivity contribution in [3.05, 3.63) is 78.0 Å². The van der Waals surface area contributed by atoms with Crippen molar-refractivity contribution in [2.45, 2.75) is 48.1 Å². The fourth-order valence-electron chi connectivity index (χ4n) is 5.91. The molecule has 3 heterocycles. The van der Waals surface area contributed by atoms with Crippen LogP contribution in [0.1, 0.15) is 41.6 Å². The number of rotatable bonds is 8. The highest BCUT2D eigenvalue weighted by atomic mass is 32.2. The van der Waals surface area contributed by atoms with Gasteiger partial charge in [0, 0.05) is 38.1 Å². The number of para-hydroxylation sites is 1. The summed E-state index contributed by atoms with van der Waals surface area (Å²) in [7, 11) is -0.265. The van der Waals surface area contributed by atoms with E-state index in [0.29, 0.717) is 17.7 Å². The average molecular weight is 563 g/mol. The number of sulfone groups is 1. The van der Waals surface area contributed by atoms with Gasteiger partial charge in [0.1, 0.15) is 5.75 Å². The molecule has 1 N–H and O–H groups in total. The van der Waals surface area contributed by atoms with Crippen LogP contribution in [0, 0.1) is 5.92 Å². The fraction of sp³-hybridized carbons (Fsp3) is 0.419. The molecule has 2 aliphatic heterocycles. The summed E-state index contributed by atoms with van der Waals surface area (Å²) in [6.07, 6.45) is 6.85. The van der Waals surface area contributed by atoms with Gasteiger partial charge in [-0.25, -0.2) is 13.4 Å². The van der Waals surface area contributed by atoms with Crippen LogP contribution in [0.5, 0.6) is 5.75 Å². The van der Waals surface area contributed by atoms with E-state index in [2.05, 4.69) is 15.2 Å². The van der Waals surface area contributed by atoms with Gasteiger partial charge in [-0.15, -0.1) is 0 Å². The first kappa shape index (κ1) is 28.1. The molecule has 1 amide bonds. The van der Waals surface area contributed by atoms with E-state index in [1.165, 1.54) is 0 Å². The number of methoxy groups -OCH3 is 1. The van der Waals surface area contributed by atoms with Crippen molar-refractivity contribution in [3.63, 3.8) is 0 Å². The highest BCUT2D eigenvalue weighted by Crippen LogP contribution is 2.28. The molecule has 0 spiro atoms. The molecule has 0 atom stereocenters. The Bertz CT molecular complexity index is 1390. The average Bonchev–Trinajstić information content (AvgIpc) is 3.01. The maximum atomic E-state index is 13.1. The van der Waals surface area contributed by atoms with Crippen LogP contribution in [0.15, 0.2) is 76.8 Å². The minimum Gasteiger partial charge on any atom is -0.497 e. The van der Waals surface area contributed by atoms with Gasteiger partial charge in [-0.2, -0.15) is 0 Å². The van der Waals surface area contributed by atoms with Gasteiger partial charge >= 0.3 is 0 Å². The van der Waals surface area contributed by atoms with E-state index in [-0.39, 0.29) is 15.8 Å². The number of hydrogen-bond acceptors (Lipinski definition) is 7. The number of carbonyl (C=O) groups excluding carboxylic acids is 1. The Labute approximate surface area is 237 Å². The lowest BCUT2D eigenvalue weighted by atomic mass is 9.89. The van der Waals surface area contributed by atoms with Crippen LogP contribution in [-0.4, -0.2) is 75.5 Å². The zero-order valence-corrected chi connectivity index (χ0v) is 24.1. The summed E-state index contributed by atoms with van der Waals surface area (Å²) in [4.78, 5) is 22.2. The lowest BCUT2D eigenvalue weighted by molar-refractivity contribution is 0.0553. The van der Waals surface area contributed by atoms with Gasteiger partial charge in [-0.3, -0.25) is 4.79 Å². The van der Waals surface area contributed by atoms with Crippen LogP contribution in [0.2, 0.25) is 0 Å². The summed E-state index contributed by atoms with van der Waals surface area (Å²) in [5, 5.41) is 3.19. The molecule has 2 fully saturated rings. The second-order valence-corrected chi connectivity index (χ2v) is 12.6. The lowest BCUT2D eigenvalue weighted by Crippen LogP contribution is -2.49. The Morgan fingerprint density at radius 1 is 0.950 bits per heavy atom. The van der Waals surface area contributed by atoms with Crippen LogP contribution in [0.4, 0.5) is 5.69 Å². The van der Waals surface area contributed by atoms with Gasteiger partial charge in [0.15, 0.2) is 5.03 Å². The van der Waals surface area contributed by atoms with Crippen molar-refractivity contribution in [3.8, 4) is 5.75 Å². The molecule has 5 rings (SSSR count). The van der Waals surface area contributed by atoms with Gasteiger partial charge in [-0.1, -0.05) is 18.2 Å². The quantitative estimate of drug-likeness (QED) is 0.432. The van der Waals surface area contributed by atoms with E-state index in [1.54, 1.807) is 43.6 Å². The van der Waals surface area contributed by atoms with Crippen molar-refractivity contribution in [2.24, 2.45) is 5.92 Å².